The Labute approximate surface area is 161 Å². The van der Waals surface area contributed by atoms with Crippen molar-refractivity contribution in [2.24, 2.45) is 0 Å². The summed E-state index contributed by atoms with van der Waals surface area (Å²) in [5.41, 5.74) is -1.78. The Morgan fingerprint density at radius 1 is 1.39 bits per heavy atom. The minimum Gasteiger partial charge on any atom is -0.497 e. The van der Waals surface area contributed by atoms with Crippen molar-refractivity contribution in [2.75, 3.05) is 18.4 Å². The van der Waals surface area contributed by atoms with E-state index in [1.165, 1.54) is 30.3 Å². The van der Waals surface area contributed by atoms with E-state index in [0.29, 0.717) is 0 Å². The molecule has 28 heavy (non-hydrogen) atoms. The van der Waals surface area contributed by atoms with Gasteiger partial charge in [0.2, 0.25) is 0 Å². The minimum absolute atomic E-state index is 0.0301. The summed E-state index contributed by atoms with van der Waals surface area (Å²) < 4.78 is 38.6. The van der Waals surface area contributed by atoms with E-state index in [-0.39, 0.29) is 18.0 Å². The molecule has 0 saturated carbocycles. The van der Waals surface area contributed by atoms with Gasteiger partial charge in [0.15, 0.2) is 10.4 Å². The van der Waals surface area contributed by atoms with Gasteiger partial charge in [-0.25, -0.2) is 13.2 Å². The molecule has 0 aliphatic carbocycles. The number of nitrogens with zero attached hydrogens (tertiary/aromatic N) is 3. The summed E-state index contributed by atoms with van der Waals surface area (Å²) >= 11 is 0. The average Bonchev–Trinajstić information content (AvgIpc) is 3.09. The van der Waals surface area contributed by atoms with Crippen LogP contribution < -0.4 is 9.46 Å². The second-order valence-corrected chi connectivity index (χ2v) is 7.80. The first-order valence-electron chi connectivity index (χ1n) is 8.10. The van der Waals surface area contributed by atoms with Crippen LogP contribution in [-0.4, -0.2) is 42.8 Å². The fourth-order valence-corrected chi connectivity index (χ4v) is 3.47. The quantitative estimate of drug-likeness (QED) is 0.393. The van der Waals surface area contributed by atoms with Crippen LogP contribution >= 0.6 is 0 Å². The zero-order chi connectivity index (χ0) is 21.1. The molecule has 0 spiro atoms. The van der Waals surface area contributed by atoms with Crippen LogP contribution in [0.2, 0.25) is 0 Å². The van der Waals surface area contributed by atoms with Crippen LogP contribution in [0.1, 0.15) is 20.8 Å². The number of nitrogens with one attached hydrogen (secondary N) is 1. The molecule has 0 aliphatic rings. The molecule has 2 rings (SSSR count). The summed E-state index contributed by atoms with van der Waals surface area (Å²) in [5, 5.41) is 15.2. The van der Waals surface area contributed by atoms with Gasteiger partial charge in [0.25, 0.3) is 15.7 Å². The first-order valence-corrected chi connectivity index (χ1v) is 9.59. The molecule has 1 heterocycles. The number of nitro groups is 1. The highest BCUT2D eigenvalue weighted by atomic mass is 32.2. The lowest BCUT2D eigenvalue weighted by Crippen LogP contribution is -2.37. The lowest BCUT2D eigenvalue weighted by molar-refractivity contribution is -0.387. The number of hydrogen-bond donors (Lipinski definition) is 1. The Balaban J connectivity index is 2.35. The second kappa shape index (κ2) is 7.84. The summed E-state index contributed by atoms with van der Waals surface area (Å²) in [6, 6.07) is 3.39. The van der Waals surface area contributed by atoms with Gasteiger partial charge in [0.1, 0.15) is 5.75 Å². The summed E-state index contributed by atoms with van der Waals surface area (Å²) in [5.74, 6) is -0.395. The van der Waals surface area contributed by atoms with Crippen molar-refractivity contribution in [1.29, 1.82) is 0 Å². The Hall–Kier alpha value is -3.15. The van der Waals surface area contributed by atoms with Crippen molar-refractivity contribution in [2.45, 2.75) is 31.2 Å². The lowest BCUT2D eigenvalue weighted by atomic mass is 10.1. The third-order valence-corrected chi connectivity index (χ3v) is 5.26. The van der Waals surface area contributed by atoms with Crippen LogP contribution in [0.15, 0.2) is 35.5 Å². The number of anilines is 1. The molecule has 0 fully saturated rings. The van der Waals surface area contributed by atoms with E-state index in [9.17, 15) is 23.3 Å². The number of ether oxygens (including phenoxy) is 2. The topological polar surface area (TPSA) is 143 Å². The summed E-state index contributed by atoms with van der Waals surface area (Å²) in [6.07, 6.45) is 2.48. The van der Waals surface area contributed by atoms with Crippen LogP contribution in [-0.2, 0) is 25.1 Å². The van der Waals surface area contributed by atoms with E-state index in [1.54, 1.807) is 20.8 Å². The molecule has 0 amide bonds. The van der Waals surface area contributed by atoms with Crippen molar-refractivity contribution in [3.05, 3.63) is 40.7 Å². The van der Waals surface area contributed by atoms with Gasteiger partial charge in [-0.05, 0) is 32.9 Å². The monoisotopic (exact) mass is 412 g/mol. The van der Waals surface area contributed by atoms with Gasteiger partial charge in [-0.1, -0.05) is 0 Å². The Bertz CT molecular complexity index is 998. The maximum atomic E-state index is 12.6. The van der Waals surface area contributed by atoms with Crippen molar-refractivity contribution >= 4 is 27.4 Å². The smallest absolute Gasteiger partial charge is 0.333 e. The number of esters is 1. The maximum absolute atomic E-state index is 12.6. The van der Waals surface area contributed by atoms with Crippen LogP contribution in [0.25, 0.3) is 0 Å². The maximum Gasteiger partial charge on any atom is 0.333 e. The van der Waals surface area contributed by atoms with Crippen molar-refractivity contribution < 1.29 is 27.6 Å². The third kappa shape index (κ3) is 4.22. The number of hydrogen-bond acceptors (Lipinski definition) is 8. The zero-order valence-corrected chi connectivity index (χ0v) is 16.5. The number of benzene rings is 1. The van der Waals surface area contributed by atoms with E-state index in [4.69, 9.17) is 9.47 Å². The summed E-state index contributed by atoms with van der Waals surface area (Å²) in [6.45, 7) is 4.97. The average molecular weight is 412 g/mol. The van der Waals surface area contributed by atoms with Gasteiger partial charge in [-0.2, -0.15) is 5.10 Å². The van der Waals surface area contributed by atoms with Crippen LogP contribution in [0.4, 0.5) is 11.4 Å². The number of aromatic nitrogens is 2. The van der Waals surface area contributed by atoms with Gasteiger partial charge in [-0.15, -0.1) is 0 Å². The zero-order valence-electron chi connectivity index (χ0n) is 15.7. The highest BCUT2D eigenvalue weighted by Gasteiger charge is 2.33. The predicted molar refractivity (Wildman–Crippen MR) is 98.6 cm³/mol. The van der Waals surface area contributed by atoms with Gasteiger partial charge < -0.3 is 9.47 Å². The molecular weight excluding hydrogens is 392 g/mol. The minimum atomic E-state index is -4.29. The van der Waals surface area contributed by atoms with Crippen molar-refractivity contribution in [1.82, 2.24) is 9.78 Å². The SMILES string of the molecule is CCOC(=O)C(C)(C)n1cc(NS(=O)(=O)c2ccc(OC)cc2[N+](=O)[O-])cn1. The Kier molecular flexibility index (Phi) is 5.92. The number of nitro benzene ring substituents is 1. The molecule has 0 unspecified atom stereocenters. The van der Waals surface area contributed by atoms with Crippen molar-refractivity contribution in [3.8, 4) is 5.75 Å². The largest absolute Gasteiger partial charge is 0.497 e. The van der Waals surface area contributed by atoms with E-state index in [0.717, 1.165) is 12.1 Å². The third-order valence-electron chi connectivity index (χ3n) is 3.83. The highest BCUT2D eigenvalue weighted by Crippen LogP contribution is 2.30. The lowest BCUT2D eigenvalue weighted by Gasteiger charge is -2.22. The summed E-state index contributed by atoms with van der Waals surface area (Å²) in [4.78, 5) is 22.0. The molecule has 12 heteroatoms. The number of rotatable bonds is 8. The molecule has 0 saturated heterocycles. The van der Waals surface area contributed by atoms with E-state index in [2.05, 4.69) is 9.82 Å². The molecule has 0 atom stereocenters. The van der Waals surface area contributed by atoms with E-state index in [1.807, 2.05) is 0 Å². The van der Waals surface area contributed by atoms with E-state index >= 15 is 0 Å². The molecular formula is C16H20N4O7S. The molecule has 152 valence electrons. The van der Waals surface area contributed by atoms with Crippen LogP contribution in [0, 0.1) is 10.1 Å². The number of sulfonamides is 1. The van der Waals surface area contributed by atoms with Crippen LogP contribution in [0.3, 0.4) is 0 Å². The highest BCUT2D eigenvalue weighted by molar-refractivity contribution is 7.92. The Morgan fingerprint density at radius 3 is 2.64 bits per heavy atom. The fourth-order valence-electron chi connectivity index (χ4n) is 2.29. The van der Waals surface area contributed by atoms with Gasteiger partial charge in [-0.3, -0.25) is 19.5 Å². The van der Waals surface area contributed by atoms with Crippen LogP contribution in [0.5, 0.6) is 5.75 Å². The molecule has 1 aromatic heterocycles. The fraction of sp³-hybridized carbons (Fsp3) is 0.375. The first kappa shape index (κ1) is 21.2. The number of methoxy groups -OCH3 is 1. The van der Waals surface area contributed by atoms with Gasteiger partial charge >= 0.3 is 5.97 Å². The van der Waals surface area contributed by atoms with Gasteiger partial charge in [0, 0.05) is 0 Å². The summed E-state index contributed by atoms with van der Waals surface area (Å²) in [7, 11) is -2.98. The molecule has 2 aromatic rings. The normalized spacial score (nSPS) is 11.7. The Morgan fingerprint density at radius 2 is 2.07 bits per heavy atom. The predicted octanol–water partition coefficient (Wildman–Crippen LogP) is 1.90. The molecule has 0 aliphatic heterocycles. The first-order chi connectivity index (χ1) is 13.0. The molecule has 0 bridgehead atoms. The van der Waals surface area contributed by atoms with Crippen molar-refractivity contribution in [3.63, 3.8) is 0 Å². The molecule has 1 aromatic carbocycles. The number of carbonyl (C=O) groups excluding carboxylic acids is 1. The molecule has 1 N–H and O–H groups in total. The number of carbonyl (C=O) groups is 1. The molecule has 11 nitrogen and oxygen atoms in total. The second-order valence-electron chi connectivity index (χ2n) is 6.15. The van der Waals surface area contributed by atoms with E-state index < -0.39 is 37.0 Å². The standard InChI is InChI=1S/C16H20N4O7S/c1-5-27-15(21)16(2,3)19-10-11(9-17-19)18-28(24,25)14-7-6-12(26-4)8-13(14)20(22)23/h6-10,18H,5H2,1-4H3. The molecule has 0 radical (unpaired) electrons. The van der Waals surface area contributed by atoms with Gasteiger partial charge in [0.05, 0.1) is 42.8 Å².